The summed E-state index contributed by atoms with van der Waals surface area (Å²) in [6, 6.07) is 0. The molecule has 1 aromatic rings. The molecule has 4 rings (SSSR count). The van der Waals surface area contributed by atoms with E-state index in [2.05, 4.69) is 19.8 Å². The highest BCUT2D eigenvalue weighted by molar-refractivity contribution is 5.92. The van der Waals surface area contributed by atoms with E-state index in [1.54, 1.807) is 5.48 Å². The quantitative estimate of drug-likeness (QED) is 0.605. The molecular weight excluding hydrogens is 346 g/mol. The van der Waals surface area contributed by atoms with Crippen LogP contribution in [0.1, 0.15) is 48.9 Å². The zero-order valence-electron chi connectivity index (χ0n) is 15.6. The van der Waals surface area contributed by atoms with Gasteiger partial charge in [0, 0.05) is 58.0 Å². The Morgan fingerprint density at radius 3 is 2.41 bits per heavy atom. The summed E-state index contributed by atoms with van der Waals surface area (Å²) in [5, 5.41) is 8.65. The van der Waals surface area contributed by atoms with Crippen LogP contribution < -0.4 is 10.4 Å². The van der Waals surface area contributed by atoms with Gasteiger partial charge in [0.25, 0.3) is 5.91 Å². The molecule has 3 aliphatic rings. The molecule has 0 bridgehead atoms. The molecule has 2 aliphatic heterocycles. The van der Waals surface area contributed by atoms with E-state index in [1.165, 1.54) is 25.5 Å². The molecule has 8 nitrogen and oxygen atoms in total. The minimum Gasteiger partial charge on any atom is -0.341 e. The van der Waals surface area contributed by atoms with Crippen LogP contribution in [-0.2, 0) is 4.79 Å². The Balaban J connectivity index is 1.24. The molecule has 0 atom stereocenters. The summed E-state index contributed by atoms with van der Waals surface area (Å²) in [5.41, 5.74) is 2.26. The van der Waals surface area contributed by atoms with Crippen molar-refractivity contribution in [2.75, 3.05) is 37.6 Å². The van der Waals surface area contributed by atoms with E-state index in [-0.39, 0.29) is 5.56 Å². The lowest BCUT2D eigenvalue weighted by Crippen LogP contribution is -2.61. The molecule has 1 aromatic heterocycles. The number of hydroxylamine groups is 1. The Labute approximate surface area is 158 Å². The van der Waals surface area contributed by atoms with Gasteiger partial charge in [0.15, 0.2) is 0 Å². The Kier molecular flexibility index (Phi) is 5.10. The molecule has 146 valence electrons. The van der Waals surface area contributed by atoms with Crippen LogP contribution >= 0.6 is 0 Å². The Morgan fingerprint density at radius 2 is 1.81 bits per heavy atom. The number of hydrogen-bond donors (Lipinski definition) is 2. The highest BCUT2D eigenvalue weighted by atomic mass is 16.5. The number of Topliss-reactive ketones (excluding diaryl/α,β-unsaturated/α-hetero) is 1. The average molecular weight is 373 g/mol. The molecule has 0 radical (unpaired) electrons. The molecule has 1 amide bonds. The summed E-state index contributed by atoms with van der Waals surface area (Å²) in [7, 11) is 0. The highest BCUT2D eigenvalue weighted by Gasteiger charge is 2.45. The lowest BCUT2D eigenvalue weighted by atomic mass is 9.71. The van der Waals surface area contributed by atoms with Crippen molar-refractivity contribution in [3.63, 3.8) is 0 Å². The van der Waals surface area contributed by atoms with E-state index in [4.69, 9.17) is 5.21 Å². The molecule has 2 saturated heterocycles. The lowest BCUT2D eigenvalue weighted by molar-refractivity contribution is -0.121. The van der Waals surface area contributed by atoms with Crippen LogP contribution in [0.25, 0.3) is 0 Å². The average Bonchev–Trinajstić information content (AvgIpc) is 2.68. The normalized spacial score (nSPS) is 23.3. The van der Waals surface area contributed by atoms with Crippen LogP contribution in [0.3, 0.4) is 0 Å². The number of anilines is 1. The highest BCUT2D eigenvalue weighted by Crippen LogP contribution is 2.41. The molecule has 2 N–H and O–H groups in total. The maximum atomic E-state index is 11.4. The van der Waals surface area contributed by atoms with Gasteiger partial charge in [-0.15, -0.1) is 0 Å². The predicted molar refractivity (Wildman–Crippen MR) is 98.6 cm³/mol. The Hall–Kier alpha value is -2.06. The maximum Gasteiger partial charge on any atom is 0.277 e. The van der Waals surface area contributed by atoms with Crippen molar-refractivity contribution in [2.45, 2.75) is 38.5 Å². The zero-order chi connectivity index (χ0) is 18.9. The molecule has 3 fully saturated rings. The molecular formula is C19H27N5O3. The first kappa shape index (κ1) is 18.3. The molecule has 8 heteroatoms. The molecule has 1 saturated carbocycles. The van der Waals surface area contributed by atoms with Crippen LogP contribution in [0.15, 0.2) is 12.4 Å². The summed E-state index contributed by atoms with van der Waals surface area (Å²) >= 11 is 0. The summed E-state index contributed by atoms with van der Waals surface area (Å²) < 4.78 is 0. The van der Waals surface area contributed by atoms with Gasteiger partial charge in [-0.25, -0.2) is 15.4 Å². The molecule has 0 aromatic carbocycles. The largest absolute Gasteiger partial charge is 0.341 e. The van der Waals surface area contributed by atoms with Crippen LogP contribution in [0.4, 0.5) is 5.95 Å². The zero-order valence-corrected chi connectivity index (χ0v) is 15.6. The van der Waals surface area contributed by atoms with Crippen molar-refractivity contribution in [1.82, 2.24) is 20.3 Å². The van der Waals surface area contributed by atoms with Crippen molar-refractivity contribution < 1.29 is 14.8 Å². The van der Waals surface area contributed by atoms with E-state index < -0.39 is 5.91 Å². The van der Waals surface area contributed by atoms with E-state index in [0.29, 0.717) is 23.1 Å². The Bertz CT molecular complexity index is 682. The van der Waals surface area contributed by atoms with Crippen LogP contribution in [-0.4, -0.2) is 64.5 Å². The number of likely N-dealkylation sites (tertiary alicyclic amines) is 1. The van der Waals surface area contributed by atoms with E-state index in [0.717, 1.165) is 58.2 Å². The molecule has 27 heavy (non-hydrogen) atoms. The minimum atomic E-state index is -0.601. The number of aromatic nitrogens is 2. The number of nitrogens with zero attached hydrogens (tertiary/aromatic N) is 4. The van der Waals surface area contributed by atoms with E-state index in [1.807, 2.05) is 0 Å². The van der Waals surface area contributed by atoms with Crippen molar-refractivity contribution >= 4 is 17.6 Å². The number of nitrogens with one attached hydrogen (secondary N) is 1. The number of hydrogen-bond acceptors (Lipinski definition) is 7. The van der Waals surface area contributed by atoms with Gasteiger partial charge in [-0.2, -0.15) is 0 Å². The smallest absolute Gasteiger partial charge is 0.277 e. The van der Waals surface area contributed by atoms with Crippen molar-refractivity contribution in [3.8, 4) is 0 Å². The van der Waals surface area contributed by atoms with Gasteiger partial charge in [-0.3, -0.25) is 14.8 Å². The number of carbonyl (C=O) groups excluding carboxylic acids is 2. The summed E-state index contributed by atoms with van der Waals surface area (Å²) in [4.78, 5) is 36.0. The number of amides is 1. The van der Waals surface area contributed by atoms with Gasteiger partial charge in [0.2, 0.25) is 5.95 Å². The molecule has 1 aliphatic carbocycles. The predicted octanol–water partition coefficient (Wildman–Crippen LogP) is 1.26. The number of piperidine rings is 1. The summed E-state index contributed by atoms with van der Waals surface area (Å²) in [6.07, 6.45) is 8.84. The van der Waals surface area contributed by atoms with Crippen molar-refractivity contribution in [3.05, 3.63) is 18.0 Å². The van der Waals surface area contributed by atoms with E-state index >= 15 is 0 Å². The Morgan fingerprint density at radius 1 is 1.19 bits per heavy atom. The standard InChI is InChI=1S/C19H27N5O3/c25-16-3-1-14(2-4-16)11-23-12-19(13-23)5-7-24(8-6-19)18-20-9-15(10-21-18)17(26)22-27/h9-10,14,27H,1-8,11-13H2,(H,22,26). The van der Waals surface area contributed by atoms with Gasteiger partial charge in [0.05, 0.1) is 5.56 Å². The maximum absolute atomic E-state index is 11.4. The minimum absolute atomic E-state index is 0.244. The fourth-order valence-electron chi connectivity index (χ4n) is 4.74. The van der Waals surface area contributed by atoms with Gasteiger partial charge in [0.1, 0.15) is 5.78 Å². The van der Waals surface area contributed by atoms with Crippen molar-refractivity contribution in [1.29, 1.82) is 0 Å². The summed E-state index contributed by atoms with van der Waals surface area (Å²) in [5.74, 6) is 1.17. The lowest BCUT2D eigenvalue weighted by Gasteiger charge is -2.55. The van der Waals surface area contributed by atoms with Gasteiger partial charge in [-0.1, -0.05) is 0 Å². The number of ketones is 1. The second kappa shape index (κ2) is 7.52. The van der Waals surface area contributed by atoms with Crippen LogP contribution in [0.2, 0.25) is 0 Å². The molecule has 1 spiro atoms. The fraction of sp³-hybridized carbons (Fsp3) is 0.684. The van der Waals surface area contributed by atoms with Crippen LogP contribution in [0, 0.1) is 11.3 Å². The first-order valence-corrected chi connectivity index (χ1v) is 9.82. The third kappa shape index (κ3) is 3.96. The third-order valence-electron chi connectivity index (χ3n) is 6.41. The fourth-order valence-corrected chi connectivity index (χ4v) is 4.74. The summed E-state index contributed by atoms with van der Waals surface area (Å²) in [6.45, 7) is 5.34. The van der Waals surface area contributed by atoms with Crippen molar-refractivity contribution in [2.24, 2.45) is 11.3 Å². The molecule has 0 unspecified atom stereocenters. The van der Waals surface area contributed by atoms with E-state index in [9.17, 15) is 9.59 Å². The number of carbonyl (C=O) groups is 2. The topological polar surface area (TPSA) is 98.7 Å². The second-order valence-corrected chi connectivity index (χ2v) is 8.35. The third-order valence-corrected chi connectivity index (χ3v) is 6.41. The number of rotatable bonds is 4. The monoisotopic (exact) mass is 373 g/mol. The first-order valence-electron chi connectivity index (χ1n) is 9.82. The van der Waals surface area contributed by atoms with Crippen LogP contribution in [0.5, 0.6) is 0 Å². The second-order valence-electron chi connectivity index (χ2n) is 8.35. The van der Waals surface area contributed by atoms with Gasteiger partial charge in [-0.05, 0) is 37.0 Å². The SMILES string of the molecule is O=C1CCC(CN2CC3(CCN(c4ncc(C(=O)NO)cn4)CC3)C2)CC1. The van der Waals surface area contributed by atoms with Gasteiger partial charge < -0.3 is 9.80 Å². The molecule has 3 heterocycles. The first-order chi connectivity index (χ1) is 13.1. The van der Waals surface area contributed by atoms with Gasteiger partial charge >= 0.3 is 0 Å².